The minimum Gasteiger partial charge on any atom is -0.366 e. The van der Waals surface area contributed by atoms with Crippen LogP contribution in [0.1, 0.15) is 51.4 Å². The van der Waals surface area contributed by atoms with Crippen LogP contribution in [0.3, 0.4) is 0 Å². The molecule has 4 saturated carbocycles. The van der Waals surface area contributed by atoms with Crippen molar-refractivity contribution in [2.75, 3.05) is 13.1 Å². The van der Waals surface area contributed by atoms with Gasteiger partial charge in [-0.3, -0.25) is 9.79 Å². The van der Waals surface area contributed by atoms with Crippen LogP contribution >= 0.6 is 0 Å². The molecular formula is C16H25N3O. The van der Waals surface area contributed by atoms with Crippen molar-refractivity contribution < 1.29 is 4.79 Å². The van der Waals surface area contributed by atoms with Gasteiger partial charge in [-0.05, 0) is 69.1 Å². The topological polar surface area (TPSA) is 53.5 Å². The van der Waals surface area contributed by atoms with E-state index in [0.29, 0.717) is 5.84 Å². The van der Waals surface area contributed by atoms with E-state index >= 15 is 0 Å². The second-order valence-corrected chi connectivity index (χ2v) is 7.52. The van der Waals surface area contributed by atoms with Gasteiger partial charge in [0, 0.05) is 18.6 Å². The van der Waals surface area contributed by atoms with Gasteiger partial charge in [0.05, 0.1) is 0 Å². The molecule has 4 heteroatoms. The van der Waals surface area contributed by atoms with Gasteiger partial charge in [0.15, 0.2) is 5.84 Å². The van der Waals surface area contributed by atoms with Gasteiger partial charge < -0.3 is 10.6 Å². The van der Waals surface area contributed by atoms with Crippen molar-refractivity contribution in [1.82, 2.24) is 10.6 Å². The normalized spacial score (nSPS) is 42.6. The van der Waals surface area contributed by atoms with Crippen LogP contribution in [0.15, 0.2) is 4.99 Å². The molecular weight excluding hydrogens is 250 g/mol. The second-order valence-electron chi connectivity index (χ2n) is 7.52. The van der Waals surface area contributed by atoms with Gasteiger partial charge in [-0.15, -0.1) is 0 Å². The van der Waals surface area contributed by atoms with Crippen LogP contribution in [0.4, 0.5) is 0 Å². The third-order valence-corrected chi connectivity index (χ3v) is 5.78. The minimum atomic E-state index is 0.0499. The predicted molar refractivity (Wildman–Crippen MR) is 78.6 cm³/mol. The summed E-state index contributed by atoms with van der Waals surface area (Å²) in [6.07, 6.45) is 10.0. The van der Waals surface area contributed by atoms with E-state index in [4.69, 9.17) is 0 Å². The van der Waals surface area contributed by atoms with Crippen LogP contribution in [0.25, 0.3) is 0 Å². The first kappa shape index (κ1) is 12.7. The average Bonchev–Trinajstić information content (AvgIpc) is 2.65. The molecule has 1 heterocycles. The third-order valence-electron chi connectivity index (χ3n) is 5.78. The van der Waals surface area contributed by atoms with Gasteiger partial charge in [0.1, 0.15) is 0 Å². The number of carbonyl (C=O) groups is 1. The lowest BCUT2D eigenvalue weighted by Crippen LogP contribution is -2.61. The summed E-state index contributed by atoms with van der Waals surface area (Å²) >= 11 is 0. The molecule has 1 aliphatic heterocycles. The molecule has 0 aromatic carbocycles. The van der Waals surface area contributed by atoms with Gasteiger partial charge in [-0.25, -0.2) is 0 Å². The predicted octanol–water partition coefficient (Wildman–Crippen LogP) is 1.85. The summed E-state index contributed by atoms with van der Waals surface area (Å²) in [5, 5.41) is 6.59. The number of hydrogen-bond acceptors (Lipinski definition) is 3. The first-order valence-electron chi connectivity index (χ1n) is 8.33. The molecule has 20 heavy (non-hydrogen) atoms. The maximum atomic E-state index is 12.5. The van der Waals surface area contributed by atoms with Crippen LogP contribution in [0.5, 0.6) is 0 Å². The Morgan fingerprint density at radius 2 is 1.75 bits per heavy atom. The zero-order valence-electron chi connectivity index (χ0n) is 12.2. The smallest absolute Gasteiger partial charge is 0.286 e. The van der Waals surface area contributed by atoms with Crippen molar-refractivity contribution in [2.24, 2.45) is 22.7 Å². The summed E-state index contributed by atoms with van der Waals surface area (Å²) in [4.78, 5) is 16.9. The van der Waals surface area contributed by atoms with Gasteiger partial charge in [-0.1, -0.05) is 0 Å². The summed E-state index contributed by atoms with van der Waals surface area (Å²) in [5.74, 6) is 3.23. The molecule has 0 atom stereocenters. The lowest BCUT2D eigenvalue weighted by molar-refractivity contribution is -0.120. The first-order chi connectivity index (χ1) is 9.72. The lowest BCUT2D eigenvalue weighted by atomic mass is 9.53. The highest BCUT2D eigenvalue weighted by Crippen LogP contribution is 2.55. The Hall–Kier alpha value is -1.06. The second kappa shape index (κ2) is 4.74. The van der Waals surface area contributed by atoms with E-state index in [1.54, 1.807) is 0 Å². The zero-order chi connectivity index (χ0) is 13.6. The molecule has 0 aromatic heterocycles. The molecule has 4 nitrogen and oxygen atoms in total. The monoisotopic (exact) mass is 275 g/mol. The number of nitrogens with zero attached hydrogens (tertiary/aromatic N) is 1. The summed E-state index contributed by atoms with van der Waals surface area (Å²) in [6.45, 7) is 1.67. The number of hydrogen-bond donors (Lipinski definition) is 2. The number of amides is 1. The van der Waals surface area contributed by atoms with E-state index < -0.39 is 0 Å². The van der Waals surface area contributed by atoms with Gasteiger partial charge in [0.25, 0.3) is 5.91 Å². The van der Waals surface area contributed by atoms with E-state index in [1.807, 2.05) is 0 Å². The van der Waals surface area contributed by atoms with Gasteiger partial charge in [-0.2, -0.15) is 0 Å². The summed E-state index contributed by atoms with van der Waals surface area (Å²) in [6, 6.07) is 0. The SMILES string of the molecule is O=C(NC12CC3CC(CC(C3)C1)C2)C1=NCCCCN1. The molecule has 0 aromatic rings. The van der Waals surface area contributed by atoms with Gasteiger partial charge in [0.2, 0.25) is 0 Å². The molecule has 5 rings (SSSR count). The zero-order valence-corrected chi connectivity index (χ0v) is 12.2. The molecule has 4 aliphatic carbocycles. The number of nitrogens with one attached hydrogen (secondary N) is 2. The van der Waals surface area contributed by atoms with Crippen LogP contribution in [-0.2, 0) is 4.79 Å². The summed E-state index contributed by atoms with van der Waals surface area (Å²) < 4.78 is 0. The Morgan fingerprint density at radius 1 is 1.10 bits per heavy atom. The van der Waals surface area contributed by atoms with Gasteiger partial charge >= 0.3 is 0 Å². The van der Waals surface area contributed by atoms with E-state index in [1.165, 1.54) is 38.5 Å². The van der Waals surface area contributed by atoms with E-state index in [-0.39, 0.29) is 11.4 Å². The Bertz CT molecular complexity index is 408. The average molecular weight is 275 g/mol. The first-order valence-corrected chi connectivity index (χ1v) is 8.33. The highest BCUT2D eigenvalue weighted by molar-refractivity contribution is 6.38. The molecule has 0 spiro atoms. The third kappa shape index (κ3) is 2.23. The van der Waals surface area contributed by atoms with Crippen molar-refractivity contribution in [2.45, 2.75) is 56.9 Å². The Kier molecular flexibility index (Phi) is 3.00. The Morgan fingerprint density at radius 3 is 2.40 bits per heavy atom. The molecule has 1 amide bonds. The van der Waals surface area contributed by atoms with Crippen LogP contribution < -0.4 is 10.6 Å². The number of rotatable bonds is 2. The minimum absolute atomic E-state index is 0.0499. The molecule has 0 radical (unpaired) electrons. The molecule has 0 saturated heterocycles. The van der Waals surface area contributed by atoms with E-state index in [0.717, 1.165) is 43.7 Å². The maximum Gasteiger partial charge on any atom is 0.286 e. The van der Waals surface area contributed by atoms with Crippen LogP contribution in [-0.4, -0.2) is 30.4 Å². The van der Waals surface area contributed by atoms with Crippen LogP contribution in [0, 0.1) is 17.8 Å². The standard InChI is InChI=1S/C16H25N3O/c20-15(14-17-3-1-2-4-18-14)19-16-8-11-5-12(9-16)7-13(6-11)10-16/h11-13H,1-10H2,(H,17,18)(H,19,20). The van der Waals surface area contributed by atoms with Crippen molar-refractivity contribution >= 4 is 11.7 Å². The maximum absolute atomic E-state index is 12.5. The fraction of sp³-hybridized carbons (Fsp3) is 0.875. The number of aliphatic imine (C=N–C) groups is 1. The molecule has 110 valence electrons. The molecule has 2 N–H and O–H groups in total. The number of carbonyl (C=O) groups excluding carboxylic acids is 1. The fourth-order valence-corrected chi connectivity index (χ4v) is 5.41. The summed E-state index contributed by atoms with van der Waals surface area (Å²) in [7, 11) is 0. The van der Waals surface area contributed by atoms with Crippen molar-refractivity contribution in [3.63, 3.8) is 0 Å². The van der Waals surface area contributed by atoms with E-state index in [9.17, 15) is 4.79 Å². The van der Waals surface area contributed by atoms with Crippen molar-refractivity contribution in [3.05, 3.63) is 0 Å². The quantitative estimate of drug-likeness (QED) is 0.808. The van der Waals surface area contributed by atoms with Crippen molar-refractivity contribution in [3.8, 4) is 0 Å². The largest absolute Gasteiger partial charge is 0.366 e. The highest BCUT2D eigenvalue weighted by Gasteiger charge is 2.51. The molecule has 4 bridgehead atoms. The fourth-order valence-electron chi connectivity index (χ4n) is 5.41. The molecule has 5 aliphatic rings. The lowest BCUT2D eigenvalue weighted by Gasteiger charge is -2.56. The van der Waals surface area contributed by atoms with Crippen LogP contribution in [0.2, 0.25) is 0 Å². The van der Waals surface area contributed by atoms with E-state index in [2.05, 4.69) is 15.6 Å². The molecule has 0 unspecified atom stereocenters. The Labute approximate surface area is 120 Å². The molecule has 4 fully saturated rings. The number of amidine groups is 1. The highest BCUT2D eigenvalue weighted by atomic mass is 16.2. The van der Waals surface area contributed by atoms with Crippen molar-refractivity contribution in [1.29, 1.82) is 0 Å². The summed E-state index contributed by atoms with van der Waals surface area (Å²) in [5.41, 5.74) is 0.0995. The Balaban J connectivity index is 1.48.